The molecule has 0 aromatic heterocycles. The van der Waals surface area contributed by atoms with Crippen molar-refractivity contribution < 1.29 is 5.11 Å². The van der Waals surface area contributed by atoms with Crippen LogP contribution in [0.1, 0.15) is 24.3 Å². The van der Waals surface area contributed by atoms with E-state index in [0.29, 0.717) is 0 Å². The van der Waals surface area contributed by atoms with Gasteiger partial charge in [0.1, 0.15) is 0 Å². The number of terminal acetylenes is 1. The summed E-state index contributed by atoms with van der Waals surface area (Å²) in [5, 5.41) is 8.69. The largest absolute Gasteiger partial charge is 0.396 e. The second-order valence-electron chi connectivity index (χ2n) is 3.00. The summed E-state index contributed by atoms with van der Waals surface area (Å²) in [4.78, 5) is 0. The first kappa shape index (κ1) is 9.83. The average Bonchev–Trinajstić information content (AvgIpc) is 2.21. The van der Waals surface area contributed by atoms with Gasteiger partial charge in [0.25, 0.3) is 0 Å². The Bertz CT molecular complexity index is 271. The first-order chi connectivity index (χ1) is 6.38. The van der Waals surface area contributed by atoms with Gasteiger partial charge in [0.2, 0.25) is 0 Å². The minimum atomic E-state index is 0.147. The zero-order valence-corrected chi connectivity index (χ0v) is 7.61. The Morgan fingerprint density at radius 2 is 2.00 bits per heavy atom. The Balaban J connectivity index is 2.63. The molecule has 0 radical (unpaired) electrons. The van der Waals surface area contributed by atoms with Crippen LogP contribution in [-0.2, 0) is 0 Å². The second kappa shape index (κ2) is 5.40. The summed E-state index contributed by atoms with van der Waals surface area (Å²) in [5.41, 5.74) is 1.17. The van der Waals surface area contributed by atoms with E-state index >= 15 is 0 Å². The molecule has 0 bridgehead atoms. The lowest BCUT2D eigenvalue weighted by molar-refractivity contribution is 0.283. The Morgan fingerprint density at radius 3 is 2.54 bits per heavy atom. The van der Waals surface area contributed by atoms with Gasteiger partial charge in [-0.15, -0.1) is 6.42 Å². The topological polar surface area (TPSA) is 20.2 Å². The highest BCUT2D eigenvalue weighted by atomic mass is 16.2. The lowest BCUT2D eigenvalue weighted by atomic mass is 9.95. The molecule has 1 unspecified atom stereocenters. The summed E-state index contributed by atoms with van der Waals surface area (Å²) in [7, 11) is 0. The van der Waals surface area contributed by atoms with Crippen molar-refractivity contribution in [3.05, 3.63) is 35.9 Å². The van der Waals surface area contributed by atoms with E-state index in [-0.39, 0.29) is 12.5 Å². The molecule has 0 aliphatic carbocycles. The molecule has 13 heavy (non-hydrogen) atoms. The van der Waals surface area contributed by atoms with Crippen molar-refractivity contribution in [1.82, 2.24) is 0 Å². The van der Waals surface area contributed by atoms with Gasteiger partial charge in [-0.2, -0.15) is 0 Å². The van der Waals surface area contributed by atoms with Gasteiger partial charge in [-0.1, -0.05) is 36.3 Å². The van der Waals surface area contributed by atoms with Crippen LogP contribution in [0, 0.1) is 12.3 Å². The molecule has 0 aliphatic heterocycles. The third-order valence-electron chi connectivity index (χ3n) is 2.05. The molecular formula is C12H14O. The van der Waals surface area contributed by atoms with Crippen molar-refractivity contribution in [3.8, 4) is 12.3 Å². The van der Waals surface area contributed by atoms with E-state index in [0.717, 1.165) is 12.8 Å². The van der Waals surface area contributed by atoms with Gasteiger partial charge < -0.3 is 5.11 Å². The summed E-state index contributed by atoms with van der Waals surface area (Å²) in [5.74, 6) is 2.89. The third-order valence-corrected chi connectivity index (χ3v) is 2.05. The number of hydrogen-bond donors (Lipinski definition) is 1. The average molecular weight is 174 g/mol. The van der Waals surface area contributed by atoms with Gasteiger partial charge in [-0.25, -0.2) is 0 Å². The van der Waals surface area contributed by atoms with Gasteiger partial charge in [0, 0.05) is 12.5 Å². The number of hydrogen-bond acceptors (Lipinski definition) is 1. The zero-order valence-electron chi connectivity index (χ0n) is 7.61. The highest BCUT2D eigenvalue weighted by Gasteiger charge is 2.05. The summed E-state index contributed by atoms with van der Waals surface area (Å²) < 4.78 is 0. The monoisotopic (exact) mass is 174 g/mol. The van der Waals surface area contributed by atoms with Crippen molar-refractivity contribution in [1.29, 1.82) is 0 Å². The number of aliphatic hydroxyl groups is 1. The molecule has 0 heterocycles. The molecule has 0 aliphatic rings. The van der Waals surface area contributed by atoms with E-state index in [1.807, 2.05) is 30.3 Å². The molecule has 0 fully saturated rings. The normalized spacial score (nSPS) is 12.0. The molecule has 68 valence electrons. The number of benzene rings is 1. The van der Waals surface area contributed by atoms with Crippen LogP contribution < -0.4 is 0 Å². The van der Waals surface area contributed by atoms with Gasteiger partial charge in [0.15, 0.2) is 0 Å². The smallest absolute Gasteiger partial charge is 0.0450 e. The number of aliphatic hydroxyl groups excluding tert-OH is 1. The van der Waals surface area contributed by atoms with Crippen LogP contribution in [-0.4, -0.2) is 11.7 Å². The maximum Gasteiger partial charge on any atom is 0.0450 e. The van der Waals surface area contributed by atoms with Crippen molar-refractivity contribution in [2.24, 2.45) is 0 Å². The summed E-state index contributed by atoms with van der Waals surface area (Å²) >= 11 is 0. The highest BCUT2D eigenvalue weighted by Crippen LogP contribution is 2.19. The lowest BCUT2D eigenvalue weighted by Crippen LogP contribution is -1.96. The summed E-state index contributed by atoms with van der Waals surface area (Å²) in [6.07, 6.45) is 7.04. The molecule has 0 spiro atoms. The van der Waals surface area contributed by atoms with E-state index in [2.05, 4.69) is 5.92 Å². The quantitative estimate of drug-likeness (QED) is 0.694. The van der Waals surface area contributed by atoms with Crippen molar-refractivity contribution >= 4 is 0 Å². The second-order valence-corrected chi connectivity index (χ2v) is 3.00. The first-order valence-electron chi connectivity index (χ1n) is 4.50. The third kappa shape index (κ3) is 2.93. The van der Waals surface area contributed by atoms with Crippen molar-refractivity contribution in [3.63, 3.8) is 0 Å². The highest BCUT2D eigenvalue weighted by molar-refractivity contribution is 5.26. The van der Waals surface area contributed by atoms with Crippen LogP contribution in [0.2, 0.25) is 0 Å². The van der Waals surface area contributed by atoms with Gasteiger partial charge >= 0.3 is 0 Å². The minimum Gasteiger partial charge on any atom is -0.396 e. The van der Waals surface area contributed by atoms with Crippen molar-refractivity contribution in [2.75, 3.05) is 6.61 Å². The molecule has 1 rings (SSSR count). The molecule has 0 saturated carbocycles. The van der Waals surface area contributed by atoms with E-state index < -0.39 is 0 Å². The SMILES string of the molecule is C#CC(CCCO)c1ccccc1. The van der Waals surface area contributed by atoms with E-state index in [1.165, 1.54) is 5.56 Å². The molecule has 1 nitrogen and oxygen atoms in total. The van der Waals surface area contributed by atoms with Crippen LogP contribution in [0.3, 0.4) is 0 Å². The van der Waals surface area contributed by atoms with Crippen LogP contribution in [0.5, 0.6) is 0 Å². The first-order valence-corrected chi connectivity index (χ1v) is 4.50. The fourth-order valence-electron chi connectivity index (χ4n) is 1.33. The van der Waals surface area contributed by atoms with Gasteiger partial charge in [-0.3, -0.25) is 0 Å². The molecule has 1 aromatic rings. The van der Waals surface area contributed by atoms with Crippen LogP contribution in [0.15, 0.2) is 30.3 Å². The summed E-state index contributed by atoms with van der Waals surface area (Å²) in [6, 6.07) is 10.0. The predicted octanol–water partition coefficient (Wildman–Crippen LogP) is 2.18. The van der Waals surface area contributed by atoms with Crippen LogP contribution in [0.25, 0.3) is 0 Å². The summed E-state index contributed by atoms with van der Waals surface area (Å²) in [6.45, 7) is 0.213. The minimum absolute atomic E-state index is 0.147. The molecule has 1 aromatic carbocycles. The lowest BCUT2D eigenvalue weighted by Gasteiger charge is -2.09. The maximum absolute atomic E-state index is 8.69. The van der Waals surface area contributed by atoms with E-state index in [1.54, 1.807) is 0 Å². The number of rotatable bonds is 4. The van der Waals surface area contributed by atoms with Gasteiger partial charge in [0.05, 0.1) is 0 Å². The predicted molar refractivity (Wildman–Crippen MR) is 54.3 cm³/mol. The van der Waals surface area contributed by atoms with Gasteiger partial charge in [-0.05, 0) is 18.4 Å². The fourth-order valence-corrected chi connectivity index (χ4v) is 1.33. The van der Waals surface area contributed by atoms with E-state index in [4.69, 9.17) is 11.5 Å². The standard InChI is InChI=1S/C12H14O/c1-2-11(9-6-10-13)12-7-4-3-5-8-12/h1,3-5,7-8,11,13H,6,9-10H2. The Kier molecular flexibility index (Phi) is 4.08. The van der Waals surface area contributed by atoms with Crippen LogP contribution >= 0.6 is 0 Å². The van der Waals surface area contributed by atoms with Crippen molar-refractivity contribution in [2.45, 2.75) is 18.8 Å². The molecule has 1 heteroatoms. The fraction of sp³-hybridized carbons (Fsp3) is 0.333. The van der Waals surface area contributed by atoms with Crippen LogP contribution in [0.4, 0.5) is 0 Å². The Morgan fingerprint density at radius 1 is 1.31 bits per heavy atom. The van der Waals surface area contributed by atoms with E-state index in [9.17, 15) is 0 Å². The molecule has 0 amide bonds. The Labute approximate surface area is 79.4 Å². The molecule has 1 N–H and O–H groups in total. The maximum atomic E-state index is 8.69. The zero-order chi connectivity index (χ0) is 9.52. The molecule has 0 saturated heterocycles. The Hall–Kier alpha value is -1.26. The molecule has 1 atom stereocenters. The molecular weight excluding hydrogens is 160 g/mol.